The minimum Gasteiger partial charge on any atom is -0.494 e. The molecule has 3 nitrogen and oxygen atoms in total. The van der Waals surface area contributed by atoms with E-state index in [-0.39, 0.29) is 6.04 Å². The van der Waals surface area contributed by atoms with Crippen LogP contribution in [0.3, 0.4) is 0 Å². The number of ether oxygens (including phenoxy) is 1. The van der Waals surface area contributed by atoms with E-state index in [1.165, 1.54) is 5.56 Å². The lowest BCUT2D eigenvalue weighted by atomic mass is 9.99. The molecule has 0 aliphatic heterocycles. The van der Waals surface area contributed by atoms with Gasteiger partial charge in [-0.1, -0.05) is 26.0 Å². The van der Waals surface area contributed by atoms with Gasteiger partial charge in [-0.25, -0.2) is 0 Å². The molecule has 2 unspecified atom stereocenters. The second kappa shape index (κ2) is 7.51. The molecule has 0 spiro atoms. The van der Waals surface area contributed by atoms with Gasteiger partial charge in [-0.3, -0.25) is 4.90 Å². The SMILES string of the molecule is CCOc1ccc(C(CN)N(C)C(C)C(C)C)cc1. The third kappa shape index (κ3) is 4.22. The maximum absolute atomic E-state index is 5.97. The summed E-state index contributed by atoms with van der Waals surface area (Å²) < 4.78 is 5.48. The molecule has 2 atom stereocenters. The minimum absolute atomic E-state index is 0.257. The van der Waals surface area contributed by atoms with Crippen LogP contribution in [0.25, 0.3) is 0 Å². The number of rotatable bonds is 7. The number of hydrogen-bond donors (Lipinski definition) is 1. The van der Waals surface area contributed by atoms with Crippen LogP contribution in [-0.4, -0.2) is 31.1 Å². The van der Waals surface area contributed by atoms with Crippen LogP contribution < -0.4 is 10.5 Å². The zero-order valence-electron chi connectivity index (χ0n) is 12.9. The Morgan fingerprint density at radius 1 is 1.16 bits per heavy atom. The molecular formula is C16H28N2O. The Morgan fingerprint density at radius 3 is 2.16 bits per heavy atom. The summed E-state index contributed by atoms with van der Waals surface area (Å²) in [6.07, 6.45) is 0. The molecule has 0 saturated heterocycles. The molecule has 0 bridgehead atoms. The number of nitrogens with zero attached hydrogens (tertiary/aromatic N) is 1. The van der Waals surface area contributed by atoms with Crippen LogP contribution in [0.5, 0.6) is 5.75 Å². The van der Waals surface area contributed by atoms with Crippen molar-refractivity contribution in [1.29, 1.82) is 0 Å². The fourth-order valence-electron chi connectivity index (χ4n) is 2.24. The Labute approximate surface area is 117 Å². The van der Waals surface area contributed by atoms with Gasteiger partial charge in [0.15, 0.2) is 0 Å². The summed E-state index contributed by atoms with van der Waals surface area (Å²) in [7, 11) is 2.15. The second-order valence-corrected chi connectivity index (χ2v) is 5.40. The maximum Gasteiger partial charge on any atom is 0.119 e. The van der Waals surface area contributed by atoms with Crippen LogP contribution in [-0.2, 0) is 0 Å². The predicted molar refractivity (Wildman–Crippen MR) is 81.5 cm³/mol. The number of likely N-dealkylation sites (N-methyl/N-ethyl adjacent to an activating group) is 1. The summed E-state index contributed by atoms with van der Waals surface area (Å²) in [6.45, 7) is 10.1. The summed E-state index contributed by atoms with van der Waals surface area (Å²) in [4.78, 5) is 2.36. The monoisotopic (exact) mass is 264 g/mol. The Bertz CT molecular complexity index is 362. The van der Waals surface area contributed by atoms with Crippen LogP contribution in [0.4, 0.5) is 0 Å². The summed E-state index contributed by atoms with van der Waals surface area (Å²) in [5, 5.41) is 0. The molecule has 0 heterocycles. The van der Waals surface area contributed by atoms with Crippen molar-refractivity contribution in [2.45, 2.75) is 39.8 Å². The first kappa shape index (κ1) is 16.0. The molecule has 1 aromatic rings. The summed E-state index contributed by atoms with van der Waals surface area (Å²) in [6, 6.07) is 9.04. The van der Waals surface area contributed by atoms with Crippen molar-refractivity contribution in [2.24, 2.45) is 11.7 Å². The number of benzene rings is 1. The lowest BCUT2D eigenvalue weighted by Crippen LogP contribution is -2.39. The van der Waals surface area contributed by atoms with Crippen molar-refractivity contribution in [3.05, 3.63) is 29.8 Å². The first-order chi connectivity index (χ1) is 9.01. The average molecular weight is 264 g/mol. The highest BCUT2D eigenvalue weighted by Crippen LogP contribution is 2.25. The molecule has 0 aromatic heterocycles. The fourth-order valence-corrected chi connectivity index (χ4v) is 2.24. The van der Waals surface area contributed by atoms with Crippen molar-refractivity contribution < 1.29 is 4.74 Å². The van der Waals surface area contributed by atoms with Gasteiger partial charge >= 0.3 is 0 Å². The standard InChI is InChI=1S/C16H28N2O/c1-6-19-15-9-7-14(8-10-15)16(11-17)18(5)13(4)12(2)3/h7-10,12-13,16H,6,11,17H2,1-5H3. The van der Waals surface area contributed by atoms with Crippen LogP contribution in [0, 0.1) is 5.92 Å². The zero-order valence-corrected chi connectivity index (χ0v) is 12.9. The van der Waals surface area contributed by atoms with Gasteiger partial charge in [0, 0.05) is 18.6 Å². The second-order valence-electron chi connectivity index (χ2n) is 5.40. The van der Waals surface area contributed by atoms with Gasteiger partial charge in [0.05, 0.1) is 6.61 Å². The zero-order chi connectivity index (χ0) is 14.4. The maximum atomic E-state index is 5.97. The highest BCUT2D eigenvalue weighted by Gasteiger charge is 2.22. The van der Waals surface area contributed by atoms with Crippen molar-refractivity contribution >= 4 is 0 Å². The first-order valence-electron chi connectivity index (χ1n) is 7.16. The number of nitrogens with two attached hydrogens (primary N) is 1. The molecule has 0 amide bonds. The molecule has 1 rings (SSSR count). The molecule has 108 valence electrons. The van der Waals surface area contributed by atoms with Crippen molar-refractivity contribution in [2.75, 3.05) is 20.2 Å². The van der Waals surface area contributed by atoms with E-state index in [4.69, 9.17) is 10.5 Å². The molecule has 3 heteroatoms. The molecule has 1 aromatic carbocycles. The van der Waals surface area contributed by atoms with Crippen LogP contribution >= 0.6 is 0 Å². The van der Waals surface area contributed by atoms with E-state index >= 15 is 0 Å². The van der Waals surface area contributed by atoms with Crippen LogP contribution in [0.1, 0.15) is 39.3 Å². The normalized spacial score (nSPS) is 14.7. The van der Waals surface area contributed by atoms with E-state index in [0.717, 1.165) is 5.75 Å². The van der Waals surface area contributed by atoms with Gasteiger partial charge in [0.25, 0.3) is 0 Å². The predicted octanol–water partition coefficient (Wildman–Crippen LogP) is 3.06. The quantitative estimate of drug-likeness (QED) is 0.822. The topological polar surface area (TPSA) is 38.5 Å². The third-order valence-electron chi connectivity index (χ3n) is 3.90. The fraction of sp³-hybridized carbons (Fsp3) is 0.625. The van der Waals surface area contributed by atoms with Gasteiger partial charge in [-0.2, -0.15) is 0 Å². The molecule has 0 radical (unpaired) electrons. The first-order valence-corrected chi connectivity index (χ1v) is 7.16. The van der Waals surface area contributed by atoms with Crippen molar-refractivity contribution in [3.8, 4) is 5.75 Å². The van der Waals surface area contributed by atoms with Gasteiger partial charge in [0.2, 0.25) is 0 Å². The summed E-state index contributed by atoms with van der Waals surface area (Å²) in [5.74, 6) is 1.53. The molecule has 0 aliphatic carbocycles. The molecule has 2 N–H and O–H groups in total. The average Bonchev–Trinajstić information content (AvgIpc) is 2.40. The summed E-state index contributed by atoms with van der Waals surface area (Å²) in [5.41, 5.74) is 7.22. The van der Waals surface area contributed by atoms with E-state index in [9.17, 15) is 0 Å². The van der Waals surface area contributed by atoms with Crippen molar-refractivity contribution in [1.82, 2.24) is 4.90 Å². The Morgan fingerprint density at radius 2 is 1.74 bits per heavy atom. The number of hydrogen-bond acceptors (Lipinski definition) is 3. The van der Waals surface area contributed by atoms with Gasteiger partial charge < -0.3 is 10.5 Å². The lowest BCUT2D eigenvalue weighted by Gasteiger charge is -2.35. The lowest BCUT2D eigenvalue weighted by molar-refractivity contribution is 0.152. The van der Waals surface area contributed by atoms with Crippen molar-refractivity contribution in [3.63, 3.8) is 0 Å². The molecular weight excluding hydrogens is 236 g/mol. The summed E-state index contributed by atoms with van der Waals surface area (Å²) >= 11 is 0. The molecule has 0 fully saturated rings. The third-order valence-corrected chi connectivity index (χ3v) is 3.90. The van der Waals surface area contributed by atoms with Crippen LogP contribution in [0.15, 0.2) is 24.3 Å². The molecule has 0 aliphatic rings. The molecule has 19 heavy (non-hydrogen) atoms. The van der Waals surface area contributed by atoms with E-state index < -0.39 is 0 Å². The van der Waals surface area contributed by atoms with Gasteiger partial charge in [-0.05, 0) is 44.5 Å². The minimum atomic E-state index is 0.257. The largest absolute Gasteiger partial charge is 0.494 e. The van der Waals surface area contributed by atoms with E-state index in [0.29, 0.717) is 25.1 Å². The van der Waals surface area contributed by atoms with E-state index in [2.05, 4.69) is 44.9 Å². The Balaban J connectivity index is 2.84. The van der Waals surface area contributed by atoms with E-state index in [1.807, 2.05) is 19.1 Å². The highest BCUT2D eigenvalue weighted by atomic mass is 16.5. The van der Waals surface area contributed by atoms with E-state index in [1.54, 1.807) is 0 Å². The van der Waals surface area contributed by atoms with Gasteiger partial charge in [0.1, 0.15) is 5.75 Å². The van der Waals surface area contributed by atoms with Gasteiger partial charge in [-0.15, -0.1) is 0 Å². The highest BCUT2D eigenvalue weighted by molar-refractivity contribution is 5.29. The smallest absolute Gasteiger partial charge is 0.119 e. The Kier molecular flexibility index (Phi) is 6.32. The van der Waals surface area contributed by atoms with Crippen LogP contribution in [0.2, 0.25) is 0 Å². The Hall–Kier alpha value is -1.06. The molecule has 0 saturated carbocycles.